The van der Waals surface area contributed by atoms with Crippen molar-refractivity contribution in [3.05, 3.63) is 29.8 Å². The van der Waals surface area contributed by atoms with Crippen LogP contribution in [-0.2, 0) is 0 Å². The Labute approximate surface area is 104 Å². The van der Waals surface area contributed by atoms with Crippen molar-refractivity contribution in [3.63, 3.8) is 0 Å². The molecule has 1 aliphatic rings. The molecule has 1 atom stereocenters. The highest BCUT2D eigenvalue weighted by molar-refractivity contribution is 5.48. The van der Waals surface area contributed by atoms with E-state index >= 15 is 0 Å². The van der Waals surface area contributed by atoms with E-state index in [-0.39, 0.29) is 6.10 Å². The van der Waals surface area contributed by atoms with Gasteiger partial charge >= 0.3 is 0 Å². The van der Waals surface area contributed by atoms with Crippen LogP contribution in [0.4, 0.5) is 5.69 Å². The van der Waals surface area contributed by atoms with Crippen molar-refractivity contribution in [1.29, 1.82) is 0 Å². The fourth-order valence-corrected chi connectivity index (χ4v) is 2.29. The van der Waals surface area contributed by atoms with E-state index < -0.39 is 0 Å². The van der Waals surface area contributed by atoms with Gasteiger partial charge in [-0.25, -0.2) is 0 Å². The molecule has 0 aromatic heterocycles. The second kappa shape index (κ2) is 5.52. The number of anilines is 1. The predicted molar refractivity (Wildman–Crippen MR) is 71.4 cm³/mol. The minimum absolute atomic E-state index is 0.374. The van der Waals surface area contributed by atoms with Gasteiger partial charge in [-0.15, -0.1) is 0 Å². The van der Waals surface area contributed by atoms with E-state index in [1.54, 1.807) is 6.92 Å². The van der Waals surface area contributed by atoms with Gasteiger partial charge in [-0.1, -0.05) is 19.1 Å². The summed E-state index contributed by atoms with van der Waals surface area (Å²) in [5.74, 6) is 0. The number of aliphatic hydroxyl groups is 1. The van der Waals surface area contributed by atoms with E-state index in [9.17, 15) is 5.11 Å². The fraction of sp³-hybridized carbons (Fsp3) is 0.571. The molecule has 1 aromatic carbocycles. The highest BCUT2D eigenvalue weighted by Gasteiger charge is 2.15. The number of benzene rings is 1. The Morgan fingerprint density at radius 1 is 1.12 bits per heavy atom. The Balaban J connectivity index is 1.99. The third-order valence-corrected chi connectivity index (χ3v) is 3.56. The topological polar surface area (TPSA) is 26.7 Å². The van der Waals surface area contributed by atoms with Gasteiger partial charge < -0.3 is 14.9 Å². The minimum atomic E-state index is -0.374. The fourth-order valence-electron chi connectivity index (χ4n) is 2.29. The molecule has 17 heavy (non-hydrogen) atoms. The second-order valence-electron chi connectivity index (χ2n) is 4.69. The van der Waals surface area contributed by atoms with E-state index in [2.05, 4.69) is 28.9 Å². The summed E-state index contributed by atoms with van der Waals surface area (Å²) >= 11 is 0. The lowest BCUT2D eigenvalue weighted by atomic mass is 10.1. The average Bonchev–Trinajstić information content (AvgIpc) is 2.39. The first-order chi connectivity index (χ1) is 8.20. The number of piperazine rings is 1. The highest BCUT2D eigenvalue weighted by Crippen LogP contribution is 2.20. The van der Waals surface area contributed by atoms with Crippen LogP contribution in [0.15, 0.2) is 24.3 Å². The Bertz CT molecular complexity index is 340. The van der Waals surface area contributed by atoms with Gasteiger partial charge in [-0.05, 0) is 31.2 Å². The molecule has 0 saturated carbocycles. The zero-order valence-corrected chi connectivity index (χ0v) is 10.8. The maximum atomic E-state index is 9.47. The number of nitrogens with zero attached hydrogens (tertiary/aromatic N) is 2. The molecule has 3 heteroatoms. The summed E-state index contributed by atoms with van der Waals surface area (Å²) in [5, 5.41) is 9.47. The molecule has 0 aliphatic carbocycles. The van der Waals surface area contributed by atoms with Crippen LogP contribution in [0.5, 0.6) is 0 Å². The van der Waals surface area contributed by atoms with E-state index in [1.807, 2.05) is 12.1 Å². The van der Waals surface area contributed by atoms with Crippen molar-refractivity contribution in [3.8, 4) is 0 Å². The number of aliphatic hydroxyl groups excluding tert-OH is 1. The van der Waals surface area contributed by atoms with Gasteiger partial charge in [-0.2, -0.15) is 0 Å². The number of likely N-dealkylation sites (N-methyl/N-ethyl adjacent to an activating group) is 1. The molecule has 0 amide bonds. The molecule has 0 spiro atoms. The molecule has 1 N–H and O–H groups in total. The SMILES string of the molecule is CCN1CCN(c2ccc(C(C)O)cc2)CC1. The van der Waals surface area contributed by atoms with Gasteiger partial charge in [0, 0.05) is 31.9 Å². The standard InChI is InChI=1S/C14H22N2O/c1-3-15-8-10-16(11-9-15)14-6-4-13(5-7-14)12(2)17/h4-7,12,17H,3,8-11H2,1-2H3. The molecule has 1 aliphatic heterocycles. The maximum Gasteiger partial charge on any atom is 0.0761 e. The lowest BCUT2D eigenvalue weighted by molar-refractivity contribution is 0.199. The lowest BCUT2D eigenvalue weighted by Gasteiger charge is -2.35. The van der Waals surface area contributed by atoms with Gasteiger partial charge in [0.15, 0.2) is 0 Å². The molecule has 2 rings (SSSR count). The average molecular weight is 234 g/mol. The highest BCUT2D eigenvalue weighted by atomic mass is 16.3. The third-order valence-electron chi connectivity index (χ3n) is 3.56. The van der Waals surface area contributed by atoms with Crippen LogP contribution >= 0.6 is 0 Å². The molecule has 1 saturated heterocycles. The van der Waals surface area contributed by atoms with E-state index in [4.69, 9.17) is 0 Å². The molecule has 0 bridgehead atoms. The van der Waals surface area contributed by atoms with Gasteiger partial charge in [0.25, 0.3) is 0 Å². The van der Waals surface area contributed by atoms with Crippen molar-refractivity contribution in [2.75, 3.05) is 37.6 Å². The first-order valence-corrected chi connectivity index (χ1v) is 6.46. The number of rotatable bonds is 3. The monoisotopic (exact) mass is 234 g/mol. The molecular weight excluding hydrogens is 212 g/mol. The zero-order valence-electron chi connectivity index (χ0n) is 10.8. The van der Waals surface area contributed by atoms with Crippen LogP contribution in [0.3, 0.4) is 0 Å². The molecule has 1 aromatic rings. The molecule has 1 fully saturated rings. The van der Waals surface area contributed by atoms with E-state index in [1.165, 1.54) is 5.69 Å². The summed E-state index contributed by atoms with van der Waals surface area (Å²) in [7, 11) is 0. The molecule has 1 unspecified atom stereocenters. The molecule has 3 nitrogen and oxygen atoms in total. The van der Waals surface area contributed by atoms with Crippen LogP contribution in [0.2, 0.25) is 0 Å². The number of hydrogen-bond donors (Lipinski definition) is 1. The Hall–Kier alpha value is -1.06. The van der Waals surface area contributed by atoms with E-state index in [0.717, 1.165) is 38.3 Å². The van der Waals surface area contributed by atoms with Gasteiger partial charge in [0.2, 0.25) is 0 Å². The summed E-state index contributed by atoms with van der Waals surface area (Å²) in [4.78, 5) is 4.89. The van der Waals surface area contributed by atoms with Crippen molar-refractivity contribution < 1.29 is 5.11 Å². The lowest BCUT2D eigenvalue weighted by Crippen LogP contribution is -2.46. The minimum Gasteiger partial charge on any atom is -0.389 e. The number of hydrogen-bond acceptors (Lipinski definition) is 3. The van der Waals surface area contributed by atoms with Crippen molar-refractivity contribution in [1.82, 2.24) is 4.90 Å². The van der Waals surface area contributed by atoms with Crippen molar-refractivity contribution >= 4 is 5.69 Å². The Kier molecular flexibility index (Phi) is 4.02. The van der Waals surface area contributed by atoms with Crippen LogP contribution in [0, 0.1) is 0 Å². The summed E-state index contributed by atoms with van der Waals surface area (Å²) in [6.07, 6.45) is -0.374. The van der Waals surface area contributed by atoms with Crippen molar-refractivity contribution in [2.45, 2.75) is 20.0 Å². The smallest absolute Gasteiger partial charge is 0.0761 e. The molecule has 94 valence electrons. The summed E-state index contributed by atoms with van der Waals surface area (Å²) in [6.45, 7) is 9.66. The first kappa shape index (κ1) is 12.4. The van der Waals surface area contributed by atoms with Crippen molar-refractivity contribution in [2.24, 2.45) is 0 Å². The van der Waals surface area contributed by atoms with Crippen LogP contribution in [-0.4, -0.2) is 42.7 Å². The Morgan fingerprint density at radius 3 is 2.18 bits per heavy atom. The maximum absolute atomic E-state index is 9.47. The summed E-state index contributed by atoms with van der Waals surface area (Å²) in [5.41, 5.74) is 2.26. The zero-order chi connectivity index (χ0) is 12.3. The first-order valence-electron chi connectivity index (χ1n) is 6.46. The van der Waals surface area contributed by atoms with E-state index in [0.29, 0.717) is 0 Å². The summed E-state index contributed by atoms with van der Waals surface area (Å²) < 4.78 is 0. The molecule has 1 heterocycles. The third kappa shape index (κ3) is 2.99. The van der Waals surface area contributed by atoms with Crippen LogP contribution < -0.4 is 4.90 Å². The largest absolute Gasteiger partial charge is 0.389 e. The predicted octanol–water partition coefficient (Wildman–Crippen LogP) is 1.88. The van der Waals surface area contributed by atoms with Gasteiger partial charge in [0.1, 0.15) is 0 Å². The molecule has 0 radical (unpaired) electrons. The van der Waals surface area contributed by atoms with Gasteiger partial charge in [-0.3, -0.25) is 0 Å². The summed E-state index contributed by atoms with van der Waals surface area (Å²) in [6, 6.07) is 8.27. The van der Waals surface area contributed by atoms with Gasteiger partial charge in [0.05, 0.1) is 6.10 Å². The van der Waals surface area contributed by atoms with Crippen LogP contribution in [0.25, 0.3) is 0 Å². The normalized spacial score (nSPS) is 19.4. The second-order valence-corrected chi connectivity index (χ2v) is 4.69. The quantitative estimate of drug-likeness (QED) is 0.865. The van der Waals surface area contributed by atoms with Crippen LogP contribution in [0.1, 0.15) is 25.5 Å². The Morgan fingerprint density at radius 2 is 1.71 bits per heavy atom. The molecular formula is C14H22N2O.